The van der Waals surface area contributed by atoms with Gasteiger partial charge in [0.05, 0.1) is 13.7 Å². The van der Waals surface area contributed by atoms with Crippen LogP contribution >= 0.6 is 11.6 Å². The molecule has 20 heavy (non-hydrogen) atoms. The summed E-state index contributed by atoms with van der Waals surface area (Å²) in [5.74, 6) is 0.410. The average Bonchev–Trinajstić information content (AvgIpc) is 2.67. The fourth-order valence-corrected chi connectivity index (χ4v) is 2.45. The fourth-order valence-electron chi connectivity index (χ4n) is 2.25. The minimum Gasteiger partial charge on any atom is -0.496 e. The van der Waals surface area contributed by atoms with E-state index >= 15 is 0 Å². The standard InChI is InChI=1S/C14H17ClN2O3/c1-3-4-11-13(18)17(14(19)16-11)8-9-7-10(15)5-6-12(9)20-2/h5-7,11H,3-4,8H2,1-2H3,(H,16,19). The number of urea groups is 1. The van der Waals surface area contributed by atoms with Crippen LogP contribution in [0.1, 0.15) is 25.3 Å². The number of nitrogens with zero attached hydrogens (tertiary/aromatic N) is 1. The van der Waals surface area contributed by atoms with E-state index in [1.54, 1.807) is 25.3 Å². The number of methoxy groups -OCH3 is 1. The Morgan fingerprint density at radius 2 is 2.15 bits per heavy atom. The van der Waals surface area contributed by atoms with Crippen molar-refractivity contribution in [1.29, 1.82) is 0 Å². The number of imide groups is 1. The van der Waals surface area contributed by atoms with Gasteiger partial charge < -0.3 is 10.1 Å². The molecule has 108 valence electrons. The molecular weight excluding hydrogens is 280 g/mol. The van der Waals surface area contributed by atoms with Crippen molar-refractivity contribution < 1.29 is 14.3 Å². The molecule has 6 heteroatoms. The first-order valence-electron chi connectivity index (χ1n) is 6.51. The van der Waals surface area contributed by atoms with Crippen LogP contribution in [-0.4, -0.2) is 30.0 Å². The van der Waals surface area contributed by atoms with Crippen LogP contribution in [0.3, 0.4) is 0 Å². The summed E-state index contributed by atoms with van der Waals surface area (Å²) in [6.45, 7) is 2.14. The van der Waals surface area contributed by atoms with E-state index in [4.69, 9.17) is 16.3 Å². The monoisotopic (exact) mass is 296 g/mol. The van der Waals surface area contributed by atoms with Crippen LogP contribution in [-0.2, 0) is 11.3 Å². The van der Waals surface area contributed by atoms with Crippen LogP contribution in [0.2, 0.25) is 5.02 Å². The average molecular weight is 297 g/mol. The molecule has 0 spiro atoms. The van der Waals surface area contributed by atoms with Crippen LogP contribution in [0.5, 0.6) is 5.75 Å². The van der Waals surface area contributed by atoms with Gasteiger partial charge in [-0.2, -0.15) is 0 Å². The highest BCUT2D eigenvalue weighted by Crippen LogP contribution is 2.25. The Hall–Kier alpha value is -1.75. The largest absolute Gasteiger partial charge is 0.496 e. The third-order valence-electron chi connectivity index (χ3n) is 3.26. The molecule has 1 fully saturated rings. The molecule has 0 aromatic heterocycles. The van der Waals surface area contributed by atoms with Crippen LogP contribution in [0.25, 0.3) is 0 Å². The third kappa shape index (κ3) is 2.88. The van der Waals surface area contributed by atoms with E-state index in [-0.39, 0.29) is 18.5 Å². The van der Waals surface area contributed by atoms with Gasteiger partial charge in [0, 0.05) is 10.6 Å². The predicted octanol–water partition coefficient (Wildman–Crippen LogP) is 2.57. The molecule has 0 aliphatic carbocycles. The Morgan fingerprint density at radius 3 is 2.80 bits per heavy atom. The summed E-state index contributed by atoms with van der Waals surface area (Å²) in [4.78, 5) is 25.2. The molecule has 1 unspecified atom stereocenters. The molecule has 1 heterocycles. The summed E-state index contributed by atoms with van der Waals surface area (Å²) in [6.07, 6.45) is 1.48. The number of amides is 3. The maximum Gasteiger partial charge on any atom is 0.325 e. The Balaban J connectivity index is 2.19. The first-order valence-corrected chi connectivity index (χ1v) is 6.89. The maximum atomic E-state index is 12.2. The van der Waals surface area contributed by atoms with Crippen molar-refractivity contribution in [2.24, 2.45) is 0 Å². The Morgan fingerprint density at radius 1 is 1.40 bits per heavy atom. The van der Waals surface area contributed by atoms with Gasteiger partial charge in [-0.25, -0.2) is 4.79 Å². The molecule has 1 aromatic carbocycles. The van der Waals surface area contributed by atoms with Crippen LogP contribution in [0, 0.1) is 0 Å². The minimum absolute atomic E-state index is 0.161. The number of hydrogen-bond acceptors (Lipinski definition) is 3. The molecule has 0 saturated carbocycles. The number of carbonyl (C=O) groups is 2. The molecule has 1 saturated heterocycles. The van der Waals surface area contributed by atoms with Gasteiger partial charge in [0.25, 0.3) is 5.91 Å². The number of halogens is 1. The highest BCUT2D eigenvalue weighted by Gasteiger charge is 2.37. The zero-order chi connectivity index (χ0) is 14.7. The highest BCUT2D eigenvalue weighted by molar-refractivity contribution is 6.30. The van der Waals surface area contributed by atoms with Crippen molar-refractivity contribution >= 4 is 23.5 Å². The van der Waals surface area contributed by atoms with E-state index in [0.29, 0.717) is 22.8 Å². The lowest BCUT2D eigenvalue weighted by molar-refractivity contribution is -0.128. The van der Waals surface area contributed by atoms with Crippen LogP contribution in [0.4, 0.5) is 4.79 Å². The number of carbonyl (C=O) groups excluding carboxylic acids is 2. The van der Waals surface area contributed by atoms with E-state index in [0.717, 1.165) is 6.42 Å². The first-order chi connectivity index (χ1) is 9.56. The number of nitrogens with one attached hydrogen (secondary N) is 1. The van der Waals surface area contributed by atoms with E-state index in [1.807, 2.05) is 6.92 Å². The van der Waals surface area contributed by atoms with Gasteiger partial charge in [0.15, 0.2) is 0 Å². The van der Waals surface area contributed by atoms with Gasteiger partial charge in [0.1, 0.15) is 11.8 Å². The summed E-state index contributed by atoms with van der Waals surface area (Å²) in [7, 11) is 1.54. The maximum absolute atomic E-state index is 12.2. The Bertz CT molecular complexity index is 533. The molecule has 1 aromatic rings. The van der Waals surface area contributed by atoms with E-state index in [2.05, 4.69) is 5.32 Å². The summed E-state index contributed by atoms with van der Waals surface area (Å²) in [5.41, 5.74) is 0.709. The van der Waals surface area contributed by atoms with Crippen LogP contribution in [0.15, 0.2) is 18.2 Å². The highest BCUT2D eigenvalue weighted by atomic mass is 35.5. The Labute approximate surface area is 122 Å². The minimum atomic E-state index is -0.419. The molecular formula is C14H17ClN2O3. The third-order valence-corrected chi connectivity index (χ3v) is 3.49. The lowest BCUT2D eigenvalue weighted by atomic mass is 10.1. The number of benzene rings is 1. The lowest BCUT2D eigenvalue weighted by Gasteiger charge is -2.15. The van der Waals surface area contributed by atoms with Gasteiger partial charge in [-0.3, -0.25) is 9.69 Å². The van der Waals surface area contributed by atoms with Crippen molar-refractivity contribution in [3.8, 4) is 5.75 Å². The summed E-state index contributed by atoms with van der Waals surface area (Å²) in [5, 5.41) is 3.23. The second-order valence-electron chi connectivity index (χ2n) is 4.67. The summed E-state index contributed by atoms with van der Waals surface area (Å²) >= 11 is 5.95. The molecule has 0 bridgehead atoms. The van der Waals surface area contributed by atoms with Gasteiger partial charge in [-0.15, -0.1) is 0 Å². The van der Waals surface area contributed by atoms with Crippen molar-refractivity contribution in [1.82, 2.24) is 10.2 Å². The quantitative estimate of drug-likeness (QED) is 0.850. The molecule has 2 rings (SSSR count). The topological polar surface area (TPSA) is 58.6 Å². The lowest BCUT2D eigenvalue weighted by Crippen LogP contribution is -2.31. The number of hydrogen-bond donors (Lipinski definition) is 1. The SMILES string of the molecule is CCCC1NC(=O)N(Cc2cc(Cl)ccc2OC)C1=O. The normalized spacial score (nSPS) is 18.4. The fraction of sp³-hybridized carbons (Fsp3) is 0.429. The molecule has 1 aliphatic rings. The summed E-state index contributed by atoms with van der Waals surface area (Å²) in [6, 6.07) is 4.34. The smallest absolute Gasteiger partial charge is 0.325 e. The molecule has 0 radical (unpaired) electrons. The van der Waals surface area contributed by atoms with E-state index < -0.39 is 6.04 Å². The van der Waals surface area contributed by atoms with E-state index in [1.165, 1.54) is 4.90 Å². The van der Waals surface area contributed by atoms with Gasteiger partial charge in [0.2, 0.25) is 0 Å². The molecule has 5 nitrogen and oxygen atoms in total. The number of rotatable bonds is 5. The van der Waals surface area contributed by atoms with Gasteiger partial charge in [-0.05, 0) is 24.6 Å². The number of ether oxygens (including phenoxy) is 1. The Kier molecular flexibility index (Phi) is 4.49. The van der Waals surface area contributed by atoms with Gasteiger partial charge in [-0.1, -0.05) is 24.9 Å². The zero-order valence-electron chi connectivity index (χ0n) is 11.5. The van der Waals surface area contributed by atoms with Crippen molar-refractivity contribution in [3.05, 3.63) is 28.8 Å². The van der Waals surface area contributed by atoms with Crippen molar-refractivity contribution in [2.75, 3.05) is 7.11 Å². The summed E-state index contributed by atoms with van der Waals surface area (Å²) < 4.78 is 5.23. The molecule has 1 aliphatic heterocycles. The van der Waals surface area contributed by atoms with E-state index in [9.17, 15) is 9.59 Å². The first kappa shape index (κ1) is 14.7. The molecule has 1 N–H and O–H groups in total. The van der Waals surface area contributed by atoms with Gasteiger partial charge >= 0.3 is 6.03 Å². The molecule has 3 amide bonds. The molecule has 1 atom stereocenters. The zero-order valence-corrected chi connectivity index (χ0v) is 12.2. The van der Waals surface area contributed by atoms with Crippen molar-refractivity contribution in [3.63, 3.8) is 0 Å². The second kappa shape index (κ2) is 6.13. The predicted molar refractivity (Wildman–Crippen MR) is 75.8 cm³/mol. The second-order valence-corrected chi connectivity index (χ2v) is 5.11. The van der Waals surface area contributed by atoms with Crippen molar-refractivity contribution in [2.45, 2.75) is 32.4 Å². The van der Waals surface area contributed by atoms with Crippen LogP contribution < -0.4 is 10.1 Å².